The number of para-hydroxylation sites is 2. The number of hydrogen-bond acceptors (Lipinski definition) is 6. The molecule has 152 valence electrons. The molecule has 7 heteroatoms. The molecule has 1 atom stereocenters. The van der Waals surface area contributed by atoms with Crippen molar-refractivity contribution in [1.82, 2.24) is 0 Å². The molecule has 0 fully saturated rings. The fourth-order valence-corrected chi connectivity index (χ4v) is 3.76. The van der Waals surface area contributed by atoms with Gasteiger partial charge in [0, 0.05) is 19.7 Å². The van der Waals surface area contributed by atoms with Gasteiger partial charge in [-0.15, -0.1) is 0 Å². The minimum Gasteiger partial charge on any atom is -0.468 e. The normalized spacial score (nSPS) is 16.1. The van der Waals surface area contributed by atoms with Crippen LogP contribution in [-0.4, -0.2) is 33.9 Å². The summed E-state index contributed by atoms with van der Waals surface area (Å²) >= 11 is 0. The average molecular weight is 413 g/mol. The van der Waals surface area contributed by atoms with Crippen LogP contribution in [0.25, 0.3) is 6.08 Å². The molecule has 0 bridgehead atoms. The maximum absolute atomic E-state index is 12.5. The van der Waals surface area contributed by atoms with Crippen LogP contribution in [0.4, 0.5) is 5.69 Å². The lowest BCUT2D eigenvalue weighted by atomic mass is 10.1. The van der Waals surface area contributed by atoms with Crippen molar-refractivity contribution in [3.63, 3.8) is 0 Å². The number of carbonyl (C=O) groups excluding carboxylic acids is 1. The second kappa shape index (κ2) is 8.53. The number of sulfone groups is 1. The molecule has 1 heterocycles. The van der Waals surface area contributed by atoms with Crippen molar-refractivity contribution < 1.29 is 22.7 Å². The molecule has 29 heavy (non-hydrogen) atoms. The fraction of sp³-hybridized carbons (Fsp3) is 0.227. The van der Waals surface area contributed by atoms with Crippen LogP contribution in [-0.2, 0) is 26.0 Å². The van der Waals surface area contributed by atoms with Crippen molar-refractivity contribution in [2.75, 3.05) is 18.2 Å². The number of carbonyl (C=O) groups is 1. The van der Waals surface area contributed by atoms with Crippen LogP contribution >= 0.6 is 0 Å². The molecular weight excluding hydrogens is 390 g/mol. The van der Waals surface area contributed by atoms with Crippen molar-refractivity contribution in [3.05, 3.63) is 77.2 Å². The third kappa shape index (κ3) is 4.86. The molecule has 0 aliphatic carbocycles. The van der Waals surface area contributed by atoms with Crippen molar-refractivity contribution in [3.8, 4) is 5.75 Å². The molecule has 1 aliphatic rings. The summed E-state index contributed by atoms with van der Waals surface area (Å²) in [5.74, 6) is -0.154. The number of benzene rings is 2. The summed E-state index contributed by atoms with van der Waals surface area (Å²) in [6, 6.07) is 14.8. The first-order valence-corrected chi connectivity index (χ1v) is 11.0. The Morgan fingerprint density at radius 2 is 1.90 bits per heavy atom. The van der Waals surface area contributed by atoms with Crippen LogP contribution in [0.1, 0.15) is 17.5 Å². The van der Waals surface area contributed by atoms with Gasteiger partial charge in [-0.2, -0.15) is 0 Å². The summed E-state index contributed by atoms with van der Waals surface area (Å²) in [5.41, 5.74) is 2.61. The highest BCUT2D eigenvalue weighted by Gasteiger charge is 2.29. The number of anilines is 1. The molecule has 1 unspecified atom stereocenters. The van der Waals surface area contributed by atoms with E-state index in [2.05, 4.69) is 6.58 Å². The predicted octanol–water partition coefficient (Wildman–Crippen LogP) is 3.55. The van der Waals surface area contributed by atoms with Crippen LogP contribution in [0.3, 0.4) is 0 Å². The fourth-order valence-electron chi connectivity index (χ4n) is 3.00. The summed E-state index contributed by atoms with van der Waals surface area (Å²) in [6.45, 7) is 3.66. The van der Waals surface area contributed by atoms with E-state index in [4.69, 9.17) is 9.47 Å². The zero-order valence-corrected chi connectivity index (χ0v) is 17.2. The van der Waals surface area contributed by atoms with Crippen molar-refractivity contribution in [2.24, 2.45) is 0 Å². The minimum atomic E-state index is -3.76. The van der Waals surface area contributed by atoms with Crippen molar-refractivity contribution in [2.45, 2.75) is 19.3 Å². The molecule has 0 amide bonds. The first-order chi connectivity index (χ1) is 13.8. The lowest BCUT2D eigenvalue weighted by molar-refractivity contribution is -0.139. The van der Waals surface area contributed by atoms with E-state index < -0.39 is 22.0 Å². The minimum absolute atomic E-state index is 0.0195. The van der Waals surface area contributed by atoms with E-state index in [0.29, 0.717) is 0 Å². The Balaban J connectivity index is 1.69. The maximum atomic E-state index is 12.5. The molecule has 1 aliphatic heterocycles. The van der Waals surface area contributed by atoms with E-state index in [9.17, 15) is 13.2 Å². The molecule has 3 rings (SSSR count). The quantitative estimate of drug-likeness (QED) is 0.511. The Labute approximate surface area is 171 Å². The molecule has 0 saturated heterocycles. The van der Waals surface area contributed by atoms with Gasteiger partial charge in [-0.3, -0.25) is 0 Å². The van der Waals surface area contributed by atoms with Crippen LogP contribution in [0.5, 0.6) is 5.75 Å². The van der Waals surface area contributed by atoms with E-state index in [1.165, 1.54) is 6.08 Å². The van der Waals surface area contributed by atoms with E-state index >= 15 is 0 Å². The molecule has 2 aromatic carbocycles. The molecule has 2 aromatic rings. The summed E-state index contributed by atoms with van der Waals surface area (Å²) in [6.07, 6.45) is 3.89. The van der Waals surface area contributed by atoms with Gasteiger partial charge in [-0.05, 0) is 23.3 Å². The monoisotopic (exact) mass is 413 g/mol. The zero-order valence-electron chi connectivity index (χ0n) is 16.4. The Hall–Kier alpha value is -3.06. The molecular formula is C22H23NO5S. The summed E-state index contributed by atoms with van der Waals surface area (Å²) in [7, 11) is -1.90. The Kier molecular flexibility index (Phi) is 6.08. The molecule has 6 nitrogen and oxygen atoms in total. The molecule has 0 saturated carbocycles. The lowest BCUT2D eigenvalue weighted by Crippen LogP contribution is -2.30. The number of nitrogens with zero attached hydrogens (tertiary/aromatic N) is 1. The van der Waals surface area contributed by atoms with Gasteiger partial charge in [-0.1, -0.05) is 55.1 Å². The van der Waals surface area contributed by atoms with Gasteiger partial charge in [0.25, 0.3) is 0 Å². The smallest absolute Gasteiger partial charge is 0.349 e. The molecule has 0 spiro atoms. The SMILES string of the molecule is C=Cc1ccc(COC(=O)/C(=C/CC2Oc3ccccc3N2C)S(C)(=O)=O)cc1. The van der Waals surface area contributed by atoms with Crippen LogP contribution in [0.2, 0.25) is 0 Å². The Morgan fingerprint density at radius 3 is 2.52 bits per heavy atom. The van der Waals surface area contributed by atoms with E-state index in [-0.39, 0.29) is 17.9 Å². The van der Waals surface area contributed by atoms with E-state index in [1.807, 2.05) is 48.3 Å². The lowest BCUT2D eigenvalue weighted by Gasteiger charge is -2.19. The topological polar surface area (TPSA) is 72.9 Å². The first-order valence-electron chi connectivity index (χ1n) is 9.07. The van der Waals surface area contributed by atoms with Crippen LogP contribution in [0.15, 0.2) is 66.1 Å². The van der Waals surface area contributed by atoms with Crippen LogP contribution < -0.4 is 9.64 Å². The van der Waals surface area contributed by atoms with Gasteiger partial charge in [0.1, 0.15) is 17.3 Å². The number of esters is 1. The molecule has 0 aromatic heterocycles. The molecule has 0 radical (unpaired) electrons. The van der Waals surface area contributed by atoms with Gasteiger partial charge in [0.15, 0.2) is 16.1 Å². The maximum Gasteiger partial charge on any atom is 0.349 e. The van der Waals surface area contributed by atoms with Gasteiger partial charge in [0.05, 0.1) is 5.69 Å². The summed E-state index contributed by atoms with van der Waals surface area (Å²) < 4.78 is 35.3. The van der Waals surface area contributed by atoms with Crippen molar-refractivity contribution >= 4 is 27.6 Å². The van der Waals surface area contributed by atoms with Gasteiger partial charge in [0.2, 0.25) is 0 Å². The Morgan fingerprint density at radius 1 is 1.21 bits per heavy atom. The second-order valence-corrected chi connectivity index (χ2v) is 8.73. The van der Waals surface area contributed by atoms with Crippen LogP contribution in [0, 0.1) is 0 Å². The number of hydrogen-bond donors (Lipinski definition) is 0. The highest BCUT2D eigenvalue weighted by Crippen LogP contribution is 2.36. The van der Waals surface area contributed by atoms with Crippen molar-refractivity contribution in [1.29, 1.82) is 0 Å². The summed E-state index contributed by atoms with van der Waals surface area (Å²) in [5, 5.41) is 0. The average Bonchev–Trinajstić information content (AvgIpc) is 3.02. The van der Waals surface area contributed by atoms with E-state index in [0.717, 1.165) is 28.8 Å². The predicted molar refractivity (Wildman–Crippen MR) is 113 cm³/mol. The van der Waals surface area contributed by atoms with E-state index in [1.54, 1.807) is 18.2 Å². The third-order valence-corrected chi connectivity index (χ3v) is 5.76. The third-order valence-electron chi connectivity index (χ3n) is 4.63. The Bertz CT molecular complexity index is 1040. The molecule has 0 N–H and O–H groups in total. The largest absolute Gasteiger partial charge is 0.468 e. The highest BCUT2D eigenvalue weighted by molar-refractivity contribution is 7.95. The number of rotatable bonds is 7. The summed E-state index contributed by atoms with van der Waals surface area (Å²) in [4.78, 5) is 14.0. The van der Waals surface area contributed by atoms with Gasteiger partial charge in [-0.25, -0.2) is 13.2 Å². The highest BCUT2D eigenvalue weighted by atomic mass is 32.2. The number of fused-ring (bicyclic) bond motifs is 1. The zero-order chi connectivity index (χ0) is 21.0. The first kappa shape index (κ1) is 20.7. The standard InChI is InChI=1S/C22H23NO5S/c1-4-16-9-11-17(12-10-16)15-27-22(24)20(29(3,25)26)13-14-21-23(2)18-7-5-6-8-19(18)28-21/h4-13,21H,1,14-15H2,2-3H3/b20-13-. The van der Waals surface area contributed by atoms with Gasteiger partial charge < -0.3 is 14.4 Å². The number of ether oxygens (including phenoxy) is 2. The second-order valence-electron chi connectivity index (χ2n) is 6.75. The van der Waals surface area contributed by atoms with Gasteiger partial charge >= 0.3 is 5.97 Å².